The summed E-state index contributed by atoms with van der Waals surface area (Å²) in [5.74, 6) is 2.19. The van der Waals surface area contributed by atoms with E-state index in [0.29, 0.717) is 11.6 Å². The first-order valence-corrected chi connectivity index (χ1v) is 11.4. The smallest absolute Gasteiger partial charge is 0.298 e. The van der Waals surface area contributed by atoms with E-state index in [1.54, 1.807) is 0 Å². The highest BCUT2D eigenvalue weighted by Gasteiger charge is 2.44. The Hall–Kier alpha value is -2.27. The van der Waals surface area contributed by atoms with Crippen molar-refractivity contribution in [3.05, 3.63) is 66.2 Å². The lowest BCUT2D eigenvalue weighted by molar-refractivity contribution is 0.165. The van der Waals surface area contributed by atoms with Gasteiger partial charge in [-0.2, -0.15) is 0 Å². The van der Waals surface area contributed by atoms with Gasteiger partial charge in [-0.05, 0) is 56.2 Å². The molecule has 0 radical (unpaired) electrons. The molecule has 152 valence electrons. The van der Waals surface area contributed by atoms with Crippen molar-refractivity contribution in [2.75, 3.05) is 5.32 Å². The number of hydrogen-bond acceptors (Lipinski definition) is 4. The second kappa shape index (κ2) is 9.04. The van der Waals surface area contributed by atoms with Crippen LogP contribution < -0.4 is 5.32 Å². The maximum atomic E-state index is 12.1. The zero-order valence-corrected chi connectivity index (χ0v) is 17.7. The summed E-state index contributed by atoms with van der Waals surface area (Å²) in [4.78, 5) is 17.4. The standard InChI is InChI=1S/C24H28N2O2S/c1-24(20-14-15-20,29-17-18-8-4-2-5-9-18)16-22(19-12-13-19)26-28-23(27)25-21-10-6-3-7-11-21/h2-11,19-20H,12-17H2,1H3,(H,25,27). The number of amides is 1. The van der Waals surface area contributed by atoms with E-state index >= 15 is 0 Å². The van der Waals surface area contributed by atoms with Crippen molar-refractivity contribution in [2.24, 2.45) is 17.0 Å². The quantitative estimate of drug-likeness (QED) is 0.293. The summed E-state index contributed by atoms with van der Waals surface area (Å²) in [7, 11) is 0. The molecule has 2 fully saturated rings. The molecule has 0 aromatic heterocycles. The number of oxime groups is 1. The molecule has 2 aromatic carbocycles. The van der Waals surface area contributed by atoms with Gasteiger partial charge in [0, 0.05) is 28.5 Å². The van der Waals surface area contributed by atoms with Gasteiger partial charge in [-0.15, -0.1) is 11.8 Å². The minimum absolute atomic E-state index is 0.135. The molecule has 1 atom stereocenters. The Morgan fingerprint density at radius 2 is 1.72 bits per heavy atom. The molecule has 4 rings (SSSR count). The molecular formula is C24H28N2O2S. The van der Waals surface area contributed by atoms with Crippen LogP contribution in [0.15, 0.2) is 65.8 Å². The normalized spacial score (nSPS) is 18.7. The van der Waals surface area contributed by atoms with Gasteiger partial charge < -0.3 is 0 Å². The van der Waals surface area contributed by atoms with E-state index in [9.17, 15) is 4.79 Å². The molecule has 0 heterocycles. The molecule has 2 aliphatic carbocycles. The topological polar surface area (TPSA) is 50.7 Å². The van der Waals surface area contributed by atoms with Crippen molar-refractivity contribution < 1.29 is 9.63 Å². The first-order chi connectivity index (χ1) is 14.1. The SMILES string of the molecule is CC(CC(=NOC(=O)Nc1ccccc1)C1CC1)(SCc1ccccc1)C1CC1. The second-order valence-electron chi connectivity index (χ2n) is 8.26. The highest BCUT2D eigenvalue weighted by atomic mass is 32.2. The number of nitrogens with zero attached hydrogens (tertiary/aromatic N) is 1. The fraction of sp³-hybridized carbons (Fsp3) is 0.417. The van der Waals surface area contributed by atoms with Crippen LogP contribution in [0.4, 0.5) is 10.5 Å². The minimum Gasteiger partial charge on any atom is -0.298 e. The Balaban J connectivity index is 1.39. The zero-order valence-electron chi connectivity index (χ0n) is 16.8. The Bertz CT molecular complexity index is 848. The highest BCUT2D eigenvalue weighted by Crippen LogP contribution is 2.52. The van der Waals surface area contributed by atoms with Crippen LogP contribution in [0, 0.1) is 11.8 Å². The molecule has 0 spiro atoms. The summed E-state index contributed by atoms with van der Waals surface area (Å²) in [5.41, 5.74) is 3.11. The van der Waals surface area contributed by atoms with Gasteiger partial charge in [0.15, 0.2) is 0 Å². The average molecular weight is 409 g/mol. The van der Waals surface area contributed by atoms with Gasteiger partial charge in [0.1, 0.15) is 0 Å². The van der Waals surface area contributed by atoms with E-state index in [1.807, 2.05) is 42.1 Å². The van der Waals surface area contributed by atoms with E-state index in [1.165, 1.54) is 18.4 Å². The highest BCUT2D eigenvalue weighted by molar-refractivity contribution is 7.99. The first-order valence-electron chi connectivity index (χ1n) is 10.4. The van der Waals surface area contributed by atoms with Crippen LogP contribution in [0.25, 0.3) is 0 Å². The molecule has 1 N–H and O–H groups in total. The lowest BCUT2D eigenvalue weighted by Crippen LogP contribution is -2.28. The maximum Gasteiger partial charge on any atom is 0.437 e. The number of thioether (sulfide) groups is 1. The number of anilines is 1. The minimum atomic E-state index is -0.528. The lowest BCUT2D eigenvalue weighted by atomic mass is 9.96. The van der Waals surface area contributed by atoms with Crippen molar-refractivity contribution in [1.29, 1.82) is 0 Å². The monoisotopic (exact) mass is 408 g/mol. The van der Waals surface area contributed by atoms with E-state index in [0.717, 1.165) is 36.6 Å². The average Bonchev–Trinajstić information content (AvgIpc) is 3.64. The van der Waals surface area contributed by atoms with Crippen LogP contribution in [0.5, 0.6) is 0 Å². The number of nitrogens with one attached hydrogen (secondary N) is 1. The fourth-order valence-electron chi connectivity index (χ4n) is 3.62. The van der Waals surface area contributed by atoms with E-state index < -0.39 is 6.09 Å². The molecule has 2 saturated carbocycles. The van der Waals surface area contributed by atoms with E-state index in [4.69, 9.17) is 4.84 Å². The summed E-state index contributed by atoms with van der Waals surface area (Å²) in [5, 5.41) is 7.05. The molecular weight excluding hydrogens is 380 g/mol. The van der Waals surface area contributed by atoms with E-state index in [2.05, 4.69) is 47.7 Å². The molecule has 2 aliphatic rings. The van der Waals surface area contributed by atoms with Gasteiger partial charge in [-0.1, -0.05) is 53.7 Å². The third-order valence-electron chi connectivity index (χ3n) is 5.70. The Morgan fingerprint density at radius 3 is 2.34 bits per heavy atom. The molecule has 29 heavy (non-hydrogen) atoms. The number of hydrogen-bond donors (Lipinski definition) is 1. The van der Waals surface area contributed by atoms with Gasteiger partial charge in [-0.3, -0.25) is 10.2 Å². The van der Waals surface area contributed by atoms with Gasteiger partial charge in [0.05, 0.1) is 5.71 Å². The van der Waals surface area contributed by atoms with E-state index in [-0.39, 0.29) is 4.75 Å². The Kier molecular flexibility index (Phi) is 6.24. The number of para-hydroxylation sites is 1. The molecule has 5 heteroatoms. The Labute approximate surface area is 177 Å². The van der Waals surface area contributed by atoms with Gasteiger partial charge in [0.2, 0.25) is 0 Å². The van der Waals surface area contributed by atoms with Crippen LogP contribution in [0.3, 0.4) is 0 Å². The number of rotatable bonds is 9. The fourth-order valence-corrected chi connectivity index (χ4v) is 5.03. The van der Waals surface area contributed by atoms with Crippen LogP contribution in [-0.2, 0) is 10.6 Å². The third-order valence-corrected chi connectivity index (χ3v) is 7.31. The van der Waals surface area contributed by atoms with Crippen molar-refractivity contribution in [2.45, 2.75) is 49.5 Å². The summed E-state index contributed by atoms with van der Waals surface area (Å²) in [6.45, 7) is 2.36. The van der Waals surface area contributed by atoms with Crippen molar-refractivity contribution >= 4 is 29.3 Å². The molecule has 0 saturated heterocycles. The predicted octanol–water partition coefficient (Wildman–Crippen LogP) is 6.49. The van der Waals surface area contributed by atoms with Crippen LogP contribution >= 0.6 is 11.8 Å². The molecule has 0 aliphatic heterocycles. The van der Waals surface area contributed by atoms with Crippen molar-refractivity contribution in [3.8, 4) is 0 Å². The zero-order chi connectivity index (χ0) is 20.1. The van der Waals surface area contributed by atoms with Crippen LogP contribution in [-0.4, -0.2) is 16.6 Å². The number of benzene rings is 2. The summed E-state index contributed by atoms with van der Waals surface area (Å²) < 4.78 is 0.135. The molecule has 0 bridgehead atoms. The third kappa shape index (κ3) is 5.86. The summed E-state index contributed by atoms with van der Waals surface area (Å²) >= 11 is 2.02. The van der Waals surface area contributed by atoms with Gasteiger partial charge in [-0.25, -0.2) is 4.79 Å². The van der Waals surface area contributed by atoms with Crippen LogP contribution in [0.2, 0.25) is 0 Å². The number of carbonyl (C=O) groups excluding carboxylic acids is 1. The number of carbonyl (C=O) groups is 1. The molecule has 1 amide bonds. The predicted molar refractivity (Wildman–Crippen MR) is 120 cm³/mol. The van der Waals surface area contributed by atoms with Crippen LogP contribution in [0.1, 0.15) is 44.6 Å². The molecule has 1 unspecified atom stereocenters. The molecule has 4 nitrogen and oxygen atoms in total. The first kappa shape index (κ1) is 20.0. The van der Waals surface area contributed by atoms with Crippen molar-refractivity contribution in [1.82, 2.24) is 0 Å². The van der Waals surface area contributed by atoms with Crippen molar-refractivity contribution in [3.63, 3.8) is 0 Å². The molecule has 2 aromatic rings. The largest absolute Gasteiger partial charge is 0.437 e. The van der Waals surface area contributed by atoms with Gasteiger partial charge in [0.25, 0.3) is 0 Å². The lowest BCUT2D eigenvalue weighted by Gasteiger charge is -2.30. The Morgan fingerprint density at radius 1 is 1.07 bits per heavy atom. The summed E-state index contributed by atoms with van der Waals surface area (Å²) in [6, 6.07) is 19.9. The maximum absolute atomic E-state index is 12.1. The second-order valence-corrected chi connectivity index (χ2v) is 9.77. The summed E-state index contributed by atoms with van der Waals surface area (Å²) in [6.07, 6.45) is 5.22. The van der Waals surface area contributed by atoms with Gasteiger partial charge >= 0.3 is 6.09 Å².